The van der Waals surface area contributed by atoms with Gasteiger partial charge in [0.1, 0.15) is 0 Å². The van der Waals surface area contributed by atoms with Crippen molar-refractivity contribution < 1.29 is 0 Å². The van der Waals surface area contributed by atoms with Crippen molar-refractivity contribution in [2.75, 3.05) is 33.7 Å². The molecule has 1 unspecified atom stereocenters. The number of nitrogens with one attached hydrogen (secondary N) is 1. The van der Waals surface area contributed by atoms with E-state index in [4.69, 9.17) is 0 Å². The average molecular weight is 205 g/mol. The van der Waals surface area contributed by atoms with Crippen molar-refractivity contribution in [2.45, 2.75) is 6.04 Å². The van der Waals surface area contributed by atoms with Crippen LogP contribution in [0.5, 0.6) is 0 Å². The minimum atomic E-state index is 0.468. The number of benzene rings is 1. The average Bonchev–Trinajstić information content (AvgIpc) is 2.30. The fourth-order valence-corrected chi connectivity index (χ4v) is 2.15. The molecule has 0 aliphatic carbocycles. The molecule has 0 bridgehead atoms. The lowest BCUT2D eigenvalue weighted by Crippen LogP contribution is -2.51. The molecule has 82 valence electrons. The third kappa shape index (κ3) is 2.37. The molecule has 1 fully saturated rings. The maximum Gasteiger partial charge on any atom is 0.0620 e. The first kappa shape index (κ1) is 10.6. The number of piperazine rings is 1. The zero-order valence-corrected chi connectivity index (χ0v) is 9.48. The highest BCUT2D eigenvalue weighted by Crippen LogP contribution is 2.22. The molecule has 15 heavy (non-hydrogen) atoms. The molecule has 3 heteroatoms. The molecule has 1 atom stereocenters. The SMILES string of the molecule is CNN1CCN(C)CC1c1ccccc1. The monoisotopic (exact) mass is 205 g/mol. The summed E-state index contributed by atoms with van der Waals surface area (Å²) in [5.74, 6) is 0. The first-order valence-corrected chi connectivity index (χ1v) is 5.49. The van der Waals surface area contributed by atoms with E-state index in [1.54, 1.807) is 0 Å². The molecule has 0 spiro atoms. The van der Waals surface area contributed by atoms with Gasteiger partial charge in [0.25, 0.3) is 0 Å². The first-order chi connectivity index (χ1) is 7.31. The van der Waals surface area contributed by atoms with Crippen molar-refractivity contribution in [1.82, 2.24) is 15.3 Å². The quantitative estimate of drug-likeness (QED) is 0.780. The molecule has 0 aromatic heterocycles. The Morgan fingerprint density at radius 1 is 1.20 bits per heavy atom. The minimum absolute atomic E-state index is 0.468. The molecule has 1 aromatic carbocycles. The molecule has 0 saturated carbocycles. The molecule has 1 aliphatic heterocycles. The Labute approximate surface area is 91.7 Å². The summed E-state index contributed by atoms with van der Waals surface area (Å²) in [6.45, 7) is 3.29. The molecule has 1 heterocycles. The normalized spacial score (nSPS) is 24.3. The summed E-state index contributed by atoms with van der Waals surface area (Å²) in [7, 11) is 4.18. The van der Waals surface area contributed by atoms with E-state index in [0.29, 0.717) is 6.04 Å². The van der Waals surface area contributed by atoms with E-state index in [1.165, 1.54) is 5.56 Å². The molecular formula is C12H19N3. The van der Waals surface area contributed by atoms with Gasteiger partial charge in [0.15, 0.2) is 0 Å². The van der Waals surface area contributed by atoms with E-state index in [-0.39, 0.29) is 0 Å². The van der Waals surface area contributed by atoms with E-state index in [1.807, 2.05) is 7.05 Å². The van der Waals surface area contributed by atoms with Gasteiger partial charge in [0.05, 0.1) is 6.04 Å². The summed E-state index contributed by atoms with van der Waals surface area (Å²) in [4.78, 5) is 2.38. The Hall–Kier alpha value is -0.900. The van der Waals surface area contributed by atoms with Crippen molar-refractivity contribution in [3.63, 3.8) is 0 Å². The van der Waals surface area contributed by atoms with Gasteiger partial charge >= 0.3 is 0 Å². The van der Waals surface area contributed by atoms with Gasteiger partial charge in [0, 0.05) is 19.6 Å². The van der Waals surface area contributed by atoms with Gasteiger partial charge in [-0.2, -0.15) is 0 Å². The first-order valence-electron chi connectivity index (χ1n) is 5.49. The number of hydrogen-bond donors (Lipinski definition) is 1. The Balaban J connectivity index is 2.17. The van der Waals surface area contributed by atoms with Gasteiger partial charge in [0.2, 0.25) is 0 Å². The predicted octanol–water partition coefficient (Wildman–Crippen LogP) is 1.11. The second-order valence-electron chi connectivity index (χ2n) is 4.11. The Bertz CT molecular complexity index is 299. The lowest BCUT2D eigenvalue weighted by Gasteiger charge is -2.39. The van der Waals surface area contributed by atoms with Crippen LogP contribution < -0.4 is 5.43 Å². The van der Waals surface area contributed by atoms with Crippen LogP contribution in [0.4, 0.5) is 0 Å². The van der Waals surface area contributed by atoms with Crippen molar-refractivity contribution in [3.05, 3.63) is 35.9 Å². The summed E-state index contributed by atoms with van der Waals surface area (Å²) in [5.41, 5.74) is 4.67. The predicted molar refractivity (Wildman–Crippen MR) is 62.4 cm³/mol. The molecule has 3 nitrogen and oxygen atoms in total. The summed E-state index contributed by atoms with van der Waals surface area (Å²) in [6, 6.07) is 11.2. The van der Waals surface area contributed by atoms with Crippen molar-refractivity contribution in [2.24, 2.45) is 0 Å². The maximum atomic E-state index is 3.28. The Morgan fingerprint density at radius 2 is 1.93 bits per heavy atom. The van der Waals surface area contributed by atoms with Crippen LogP contribution in [0.15, 0.2) is 30.3 Å². The Morgan fingerprint density at radius 3 is 2.60 bits per heavy atom. The molecule has 1 saturated heterocycles. The van der Waals surface area contributed by atoms with Crippen molar-refractivity contribution in [3.8, 4) is 0 Å². The van der Waals surface area contributed by atoms with Crippen molar-refractivity contribution >= 4 is 0 Å². The third-order valence-electron chi connectivity index (χ3n) is 3.06. The second-order valence-corrected chi connectivity index (χ2v) is 4.11. The molecule has 1 N–H and O–H groups in total. The topological polar surface area (TPSA) is 18.5 Å². The van der Waals surface area contributed by atoms with Gasteiger partial charge in [-0.3, -0.25) is 5.43 Å². The van der Waals surface area contributed by atoms with Crippen LogP contribution in [0.25, 0.3) is 0 Å². The van der Waals surface area contributed by atoms with Crippen LogP contribution in [0.3, 0.4) is 0 Å². The lowest BCUT2D eigenvalue weighted by molar-refractivity contribution is 0.0530. The zero-order chi connectivity index (χ0) is 10.7. The highest BCUT2D eigenvalue weighted by atomic mass is 15.5. The summed E-state index contributed by atoms with van der Waals surface area (Å²) < 4.78 is 0. The summed E-state index contributed by atoms with van der Waals surface area (Å²) in [6.07, 6.45) is 0. The standard InChI is InChI=1S/C12H19N3/c1-13-15-9-8-14(2)10-12(15)11-6-4-3-5-7-11/h3-7,12-13H,8-10H2,1-2H3. The molecule has 1 aliphatic rings. The fraction of sp³-hybridized carbons (Fsp3) is 0.500. The van der Waals surface area contributed by atoms with Crippen LogP contribution in [-0.4, -0.2) is 43.6 Å². The number of hydrogen-bond acceptors (Lipinski definition) is 3. The Kier molecular flexibility index (Phi) is 3.36. The molecule has 0 amide bonds. The van der Waals surface area contributed by atoms with E-state index in [2.05, 4.69) is 52.7 Å². The van der Waals surface area contributed by atoms with Crippen LogP contribution in [-0.2, 0) is 0 Å². The van der Waals surface area contributed by atoms with Gasteiger partial charge in [-0.05, 0) is 19.7 Å². The molecular weight excluding hydrogens is 186 g/mol. The zero-order valence-electron chi connectivity index (χ0n) is 9.48. The van der Waals surface area contributed by atoms with Crippen LogP contribution in [0.1, 0.15) is 11.6 Å². The largest absolute Gasteiger partial charge is 0.303 e. The summed E-state index contributed by atoms with van der Waals surface area (Å²) in [5, 5.41) is 2.31. The maximum absolute atomic E-state index is 3.28. The van der Waals surface area contributed by atoms with Crippen molar-refractivity contribution in [1.29, 1.82) is 0 Å². The number of rotatable bonds is 2. The van der Waals surface area contributed by atoms with E-state index in [0.717, 1.165) is 19.6 Å². The molecule has 2 rings (SSSR count). The van der Waals surface area contributed by atoms with Gasteiger partial charge in [-0.25, -0.2) is 5.01 Å². The number of likely N-dealkylation sites (N-methyl/N-ethyl adjacent to an activating group) is 1. The van der Waals surface area contributed by atoms with Gasteiger partial charge < -0.3 is 4.90 Å². The third-order valence-corrected chi connectivity index (χ3v) is 3.06. The van der Waals surface area contributed by atoms with Crippen LogP contribution in [0.2, 0.25) is 0 Å². The highest BCUT2D eigenvalue weighted by molar-refractivity contribution is 5.19. The highest BCUT2D eigenvalue weighted by Gasteiger charge is 2.25. The van der Waals surface area contributed by atoms with Gasteiger partial charge in [-0.15, -0.1) is 0 Å². The number of hydrazine groups is 1. The van der Waals surface area contributed by atoms with Crippen LogP contribution in [0, 0.1) is 0 Å². The lowest BCUT2D eigenvalue weighted by atomic mass is 10.0. The van der Waals surface area contributed by atoms with E-state index < -0.39 is 0 Å². The smallest absolute Gasteiger partial charge is 0.0620 e. The van der Waals surface area contributed by atoms with E-state index in [9.17, 15) is 0 Å². The van der Waals surface area contributed by atoms with Crippen LogP contribution >= 0.6 is 0 Å². The molecule has 1 aromatic rings. The van der Waals surface area contributed by atoms with Gasteiger partial charge in [-0.1, -0.05) is 30.3 Å². The summed E-state index contributed by atoms with van der Waals surface area (Å²) >= 11 is 0. The second kappa shape index (κ2) is 4.75. The molecule has 0 radical (unpaired) electrons. The van der Waals surface area contributed by atoms with E-state index >= 15 is 0 Å². The number of nitrogens with zero attached hydrogens (tertiary/aromatic N) is 2. The fourth-order valence-electron chi connectivity index (χ4n) is 2.15. The minimum Gasteiger partial charge on any atom is -0.303 e.